The molecule has 0 spiro atoms. The van der Waals surface area contributed by atoms with Crippen molar-refractivity contribution >= 4 is 23.2 Å². The average Bonchev–Trinajstić information content (AvgIpc) is 2.41. The summed E-state index contributed by atoms with van der Waals surface area (Å²) in [6.45, 7) is 0. The highest BCUT2D eigenvalue weighted by atomic mass is 16.5. The highest BCUT2D eigenvalue weighted by molar-refractivity contribution is 5.94. The first-order valence-electron chi connectivity index (χ1n) is 5.50. The first-order valence-corrected chi connectivity index (χ1v) is 5.50. The molecule has 19 heavy (non-hydrogen) atoms. The molecule has 6 nitrogen and oxygen atoms in total. The van der Waals surface area contributed by atoms with E-state index in [-0.39, 0.29) is 11.4 Å². The third kappa shape index (κ3) is 2.92. The number of nitrogen functional groups attached to an aromatic ring is 1. The fraction of sp³-hybridized carbons (Fsp3) is 0.0769. The summed E-state index contributed by atoms with van der Waals surface area (Å²) < 4.78 is 5.09. The summed E-state index contributed by atoms with van der Waals surface area (Å²) in [7, 11) is 1.56. The largest absolute Gasteiger partial charge is 0.497 e. The number of aromatic nitrogens is 1. The number of carboxylic acid groups (broad SMARTS) is 1. The number of pyridine rings is 1. The monoisotopic (exact) mass is 259 g/mol. The molecule has 0 radical (unpaired) electrons. The van der Waals surface area contributed by atoms with E-state index in [9.17, 15) is 4.79 Å². The lowest BCUT2D eigenvalue weighted by molar-refractivity contribution is 0.0697. The SMILES string of the molecule is COc1cccc(Nc2ncc(N)cc2C(=O)O)c1. The number of nitrogens with zero attached hydrogens (tertiary/aromatic N) is 1. The molecule has 0 saturated carbocycles. The zero-order valence-electron chi connectivity index (χ0n) is 10.3. The zero-order chi connectivity index (χ0) is 13.8. The normalized spacial score (nSPS) is 9.95. The molecule has 2 aromatic rings. The van der Waals surface area contributed by atoms with Crippen LogP contribution < -0.4 is 15.8 Å². The summed E-state index contributed by atoms with van der Waals surface area (Å²) in [5.74, 6) is -0.197. The van der Waals surface area contributed by atoms with Crippen molar-refractivity contribution in [2.24, 2.45) is 0 Å². The highest BCUT2D eigenvalue weighted by Gasteiger charge is 2.12. The summed E-state index contributed by atoms with van der Waals surface area (Å²) in [4.78, 5) is 15.1. The van der Waals surface area contributed by atoms with Gasteiger partial charge in [0.05, 0.1) is 19.0 Å². The van der Waals surface area contributed by atoms with Crippen LogP contribution in [0.1, 0.15) is 10.4 Å². The molecule has 0 fully saturated rings. The Morgan fingerprint density at radius 3 is 2.89 bits per heavy atom. The van der Waals surface area contributed by atoms with Gasteiger partial charge in [-0.15, -0.1) is 0 Å². The van der Waals surface area contributed by atoms with Crippen LogP contribution in [0.3, 0.4) is 0 Å². The van der Waals surface area contributed by atoms with Crippen molar-refractivity contribution in [2.75, 3.05) is 18.2 Å². The van der Waals surface area contributed by atoms with Gasteiger partial charge in [-0.2, -0.15) is 0 Å². The molecule has 0 unspecified atom stereocenters. The standard InChI is InChI=1S/C13H13N3O3/c1-19-10-4-2-3-9(6-10)16-12-11(13(17)18)5-8(14)7-15-12/h2-7H,14H2,1H3,(H,15,16)(H,17,18). The number of nitrogens with two attached hydrogens (primary N) is 1. The van der Waals surface area contributed by atoms with Gasteiger partial charge >= 0.3 is 5.97 Å². The minimum atomic E-state index is -1.09. The lowest BCUT2D eigenvalue weighted by Crippen LogP contribution is -2.06. The van der Waals surface area contributed by atoms with Crippen LogP contribution in [0, 0.1) is 0 Å². The molecule has 0 bridgehead atoms. The zero-order valence-corrected chi connectivity index (χ0v) is 10.3. The maximum atomic E-state index is 11.1. The Morgan fingerprint density at radius 1 is 1.42 bits per heavy atom. The van der Waals surface area contributed by atoms with Crippen molar-refractivity contribution in [3.8, 4) is 5.75 Å². The molecule has 0 aliphatic heterocycles. The Bertz CT molecular complexity index is 614. The second-order valence-corrected chi connectivity index (χ2v) is 3.83. The van der Waals surface area contributed by atoms with Crippen LogP contribution in [0.15, 0.2) is 36.5 Å². The van der Waals surface area contributed by atoms with Crippen LogP contribution in [-0.4, -0.2) is 23.2 Å². The second kappa shape index (κ2) is 5.26. The van der Waals surface area contributed by atoms with E-state index in [1.165, 1.54) is 12.3 Å². The van der Waals surface area contributed by atoms with E-state index in [1.54, 1.807) is 31.4 Å². The third-order valence-corrected chi connectivity index (χ3v) is 2.47. The molecule has 1 heterocycles. The van der Waals surface area contributed by atoms with Crippen LogP contribution in [-0.2, 0) is 0 Å². The van der Waals surface area contributed by atoms with Gasteiger partial charge in [0.25, 0.3) is 0 Å². The first-order chi connectivity index (χ1) is 9.10. The number of nitrogens with one attached hydrogen (secondary N) is 1. The van der Waals surface area contributed by atoms with E-state index in [1.807, 2.05) is 0 Å². The summed E-state index contributed by atoms with van der Waals surface area (Å²) in [6.07, 6.45) is 1.40. The van der Waals surface area contributed by atoms with Gasteiger partial charge in [-0.3, -0.25) is 0 Å². The van der Waals surface area contributed by atoms with Crippen molar-refractivity contribution < 1.29 is 14.6 Å². The molecule has 1 aromatic carbocycles. The predicted molar refractivity (Wildman–Crippen MR) is 71.9 cm³/mol. The Balaban J connectivity index is 2.34. The van der Waals surface area contributed by atoms with Crippen molar-refractivity contribution in [3.63, 3.8) is 0 Å². The van der Waals surface area contributed by atoms with Crippen LogP contribution in [0.4, 0.5) is 17.2 Å². The Hall–Kier alpha value is -2.76. The fourth-order valence-electron chi connectivity index (χ4n) is 1.58. The minimum absolute atomic E-state index is 0.0165. The van der Waals surface area contributed by atoms with Gasteiger partial charge in [0.15, 0.2) is 0 Å². The van der Waals surface area contributed by atoms with Crippen molar-refractivity contribution in [3.05, 3.63) is 42.1 Å². The molecule has 0 atom stereocenters. The van der Waals surface area contributed by atoms with E-state index in [0.717, 1.165) is 0 Å². The summed E-state index contributed by atoms with van der Waals surface area (Å²) >= 11 is 0. The lowest BCUT2D eigenvalue weighted by atomic mass is 10.2. The molecular weight excluding hydrogens is 246 g/mol. The average molecular weight is 259 g/mol. The number of hydrogen-bond donors (Lipinski definition) is 3. The number of aromatic carboxylic acids is 1. The van der Waals surface area contributed by atoms with Crippen molar-refractivity contribution in [1.29, 1.82) is 0 Å². The number of rotatable bonds is 4. The number of ether oxygens (including phenoxy) is 1. The van der Waals surface area contributed by atoms with E-state index in [0.29, 0.717) is 17.1 Å². The number of benzene rings is 1. The minimum Gasteiger partial charge on any atom is -0.497 e. The first kappa shape index (κ1) is 12.7. The molecule has 0 aliphatic rings. The maximum Gasteiger partial charge on any atom is 0.339 e. The van der Waals surface area contributed by atoms with Crippen molar-refractivity contribution in [2.45, 2.75) is 0 Å². The van der Waals surface area contributed by atoms with Gasteiger partial charge in [0.1, 0.15) is 17.1 Å². The van der Waals surface area contributed by atoms with Gasteiger partial charge in [-0.25, -0.2) is 9.78 Å². The number of methoxy groups -OCH3 is 1. The quantitative estimate of drug-likeness (QED) is 0.778. The maximum absolute atomic E-state index is 11.1. The predicted octanol–water partition coefficient (Wildman–Crippen LogP) is 2.11. The third-order valence-electron chi connectivity index (χ3n) is 2.47. The molecule has 4 N–H and O–H groups in total. The Kier molecular flexibility index (Phi) is 3.51. The van der Waals surface area contributed by atoms with Crippen LogP contribution in [0.5, 0.6) is 5.75 Å². The van der Waals surface area contributed by atoms with E-state index in [2.05, 4.69) is 10.3 Å². The second-order valence-electron chi connectivity index (χ2n) is 3.83. The summed E-state index contributed by atoms with van der Waals surface area (Å²) in [5.41, 5.74) is 6.53. The summed E-state index contributed by atoms with van der Waals surface area (Å²) in [6, 6.07) is 8.46. The molecule has 0 amide bonds. The number of anilines is 3. The molecule has 6 heteroatoms. The number of carbonyl (C=O) groups is 1. The molecule has 1 aromatic heterocycles. The van der Waals surface area contributed by atoms with Gasteiger partial charge in [0.2, 0.25) is 0 Å². The number of carboxylic acids is 1. The Labute approximate surface area is 109 Å². The highest BCUT2D eigenvalue weighted by Crippen LogP contribution is 2.23. The summed E-state index contributed by atoms with van der Waals surface area (Å²) in [5, 5.41) is 12.0. The van der Waals surface area contributed by atoms with E-state index in [4.69, 9.17) is 15.6 Å². The van der Waals surface area contributed by atoms with Crippen LogP contribution in [0.25, 0.3) is 0 Å². The molecule has 2 rings (SSSR count). The van der Waals surface area contributed by atoms with Gasteiger partial charge < -0.3 is 20.9 Å². The van der Waals surface area contributed by atoms with Crippen LogP contribution >= 0.6 is 0 Å². The lowest BCUT2D eigenvalue weighted by Gasteiger charge is -2.10. The molecular formula is C13H13N3O3. The van der Waals surface area contributed by atoms with E-state index < -0.39 is 5.97 Å². The smallest absolute Gasteiger partial charge is 0.339 e. The fourth-order valence-corrected chi connectivity index (χ4v) is 1.58. The Morgan fingerprint density at radius 2 is 2.21 bits per heavy atom. The number of hydrogen-bond acceptors (Lipinski definition) is 5. The van der Waals surface area contributed by atoms with Gasteiger partial charge in [0, 0.05) is 11.8 Å². The van der Waals surface area contributed by atoms with Gasteiger partial charge in [-0.05, 0) is 18.2 Å². The van der Waals surface area contributed by atoms with Gasteiger partial charge in [-0.1, -0.05) is 6.07 Å². The molecule has 0 aliphatic carbocycles. The van der Waals surface area contributed by atoms with E-state index >= 15 is 0 Å². The van der Waals surface area contributed by atoms with Crippen molar-refractivity contribution in [1.82, 2.24) is 4.98 Å². The van der Waals surface area contributed by atoms with Crippen LogP contribution in [0.2, 0.25) is 0 Å². The topological polar surface area (TPSA) is 97.5 Å². The molecule has 0 saturated heterocycles. The molecule has 98 valence electrons.